The Morgan fingerprint density at radius 2 is 1.87 bits per heavy atom. The maximum absolute atomic E-state index is 12.3. The van der Waals surface area contributed by atoms with Crippen LogP contribution >= 0.6 is 11.6 Å². The van der Waals surface area contributed by atoms with Crippen molar-refractivity contribution in [3.63, 3.8) is 0 Å². The molecule has 1 aromatic rings. The third-order valence-electron chi connectivity index (χ3n) is 1.56. The van der Waals surface area contributed by atoms with E-state index in [2.05, 4.69) is 4.98 Å². The highest BCUT2D eigenvalue weighted by atomic mass is 35.5. The number of halogens is 6. The fourth-order valence-electron chi connectivity index (χ4n) is 0.985. The molecule has 0 saturated heterocycles. The second-order valence-corrected chi connectivity index (χ2v) is 2.96. The topological polar surface area (TPSA) is 38.9 Å². The van der Waals surface area contributed by atoms with Crippen LogP contribution < -0.4 is 5.73 Å². The van der Waals surface area contributed by atoms with E-state index in [4.69, 9.17) is 17.3 Å². The van der Waals surface area contributed by atoms with Crippen LogP contribution in [-0.4, -0.2) is 4.98 Å². The van der Waals surface area contributed by atoms with Crippen molar-refractivity contribution < 1.29 is 22.0 Å². The maximum Gasteiger partial charge on any atom is 0.417 e. The number of anilines is 1. The lowest BCUT2D eigenvalue weighted by molar-refractivity contribution is -0.139. The van der Waals surface area contributed by atoms with Gasteiger partial charge in [-0.1, -0.05) is 11.6 Å². The van der Waals surface area contributed by atoms with Crippen LogP contribution in [0.3, 0.4) is 0 Å². The lowest BCUT2D eigenvalue weighted by atomic mass is 10.1. The monoisotopic (exact) mass is 246 g/mol. The summed E-state index contributed by atoms with van der Waals surface area (Å²) in [5.41, 5.74) is 2.08. The van der Waals surface area contributed by atoms with Crippen LogP contribution in [0.15, 0.2) is 6.07 Å². The maximum atomic E-state index is 12.3. The Bertz CT molecular complexity index is 376. The number of aromatic nitrogens is 1. The Labute approximate surface area is 85.9 Å². The number of nitrogen functional groups attached to an aromatic ring is 1. The standard InChI is InChI=1S/C7H4ClF5N2/c8-5-4(6(9)10)2(7(11,12)13)1-3(14)15-5/h1,6H,(H2,14,15). The number of hydrogen-bond donors (Lipinski definition) is 1. The molecular formula is C7H4ClF5N2. The van der Waals surface area contributed by atoms with E-state index in [0.717, 1.165) is 0 Å². The average molecular weight is 247 g/mol. The number of alkyl halides is 5. The van der Waals surface area contributed by atoms with E-state index in [-0.39, 0.29) is 0 Å². The van der Waals surface area contributed by atoms with Gasteiger partial charge < -0.3 is 5.73 Å². The second kappa shape index (κ2) is 3.80. The van der Waals surface area contributed by atoms with Crippen molar-refractivity contribution in [3.05, 3.63) is 22.3 Å². The summed E-state index contributed by atoms with van der Waals surface area (Å²) in [7, 11) is 0. The molecule has 0 aliphatic carbocycles. The molecule has 0 radical (unpaired) electrons. The first-order valence-electron chi connectivity index (χ1n) is 3.54. The van der Waals surface area contributed by atoms with E-state index >= 15 is 0 Å². The van der Waals surface area contributed by atoms with Crippen molar-refractivity contribution in [1.29, 1.82) is 0 Å². The van der Waals surface area contributed by atoms with Crippen LogP contribution in [0.1, 0.15) is 17.6 Å². The molecule has 0 unspecified atom stereocenters. The first kappa shape index (κ1) is 12.0. The van der Waals surface area contributed by atoms with E-state index < -0.39 is 34.7 Å². The highest BCUT2D eigenvalue weighted by Gasteiger charge is 2.37. The van der Waals surface area contributed by atoms with E-state index in [1.54, 1.807) is 0 Å². The van der Waals surface area contributed by atoms with Gasteiger partial charge in [-0.25, -0.2) is 13.8 Å². The summed E-state index contributed by atoms with van der Waals surface area (Å²) in [6, 6.07) is 0.327. The molecular weight excluding hydrogens is 243 g/mol. The van der Waals surface area contributed by atoms with E-state index in [9.17, 15) is 22.0 Å². The second-order valence-electron chi connectivity index (χ2n) is 2.60. The van der Waals surface area contributed by atoms with Gasteiger partial charge in [-0.05, 0) is 6.07 Å². The Hall–Kier alpha value is -1.11. The van der Waals surface area contributed by atoms with Crippen molar-refractivity contribution in [2.75, 3.05) is 5.73 Å². The first-order valence-corrected chi connectivity index (χ1v) is 3.92. The molecule has 1 heterocycles. The SMILES string of the molecule is Nc1cc(C(F)(F)F)c(C(F)F)c(Cl)n1. The minimum absolute atomic E-state index is 0.327. The zero-order chi connectivity index (χ0) is 11.8. The van der Waals surface area contributed by atoms with Crippen molar-refractivity contribution in [3.8, 4) is 0 Å². The van der Waals surface area contributed by atoms with Crippen molar-refractivity contribution in [2.24, 2.45) is 0 Å². The first-order chi connectivity index (χ1) is 6.73. The Balaban J connectivity index is 3.47. The quantitative estimate of drug-likeness (QED) is 0.610. The lowest BCUT2D eigenvalue weighted by Gasteiger charge is -2.13. The van der Waals surface area contributed by atoms with Gasteiger partial charge in [0, 0.05) is 0 Å². The van der Waals surface area contributed by atoms with Gasteiger partial charge in [0.25, 0.3) is 6.43 Å². The van der Waals surface area contributed by atoms with Crippen molar-refractivity contribution in [1.82, 2.24) is 4.98 Å². The minimum atomic E-state index is -4.94. The zero-order valence-corrected chi connectivity index (χ0v) is 7.70. The summed E-state index contributed by atoms with van der Waals surface area (Å²) in [6.45, 7) is 0. The number of hydrogen-bond acceptors (Lipinski definition) is 2. The van der Waals surface area contributed by atoms with Gasteiger partial charge in [0.15, 0.2) is 0 Å². The molecule has 0 saturated carbocycles. The molecule has 0 spiro atoms. The third kappa shape index (κ3) is 2.47. The van der Waals surface area contributed by atoms with E-state index in [0.29, 0.717) is 6.07 Å². The van der Waals surface area contributed by atoms with Gasteiger partial charge in [0.1, 0.15) is 11.0 Å². The predicted octanol–water partition coefficient (Wildman–Crippen LogP) is 3.27. The third-order valence-corrected chi connectivity index (χ3v) is 1.84. The molecule has 0 amide bonds. The number of nitrogens with zero attached hydrogens (tertiary/aromatic N) is 1. The van der Waals surface area contributed by atoms with Crippen molar-refractivity contribution in [2.45, 2.75) is 12.6 Å². The number of pyridine rings is 1. The Morgan fingerprint density at radius 1 is 1.33 bits per heavy atom. The molecule has 2 N–H and O–H groups in total. The molecule has 1 rings (SSSR count). The summed E-state index contributed by atoms with van der Waals surface area (Å²) in [5, 5.41) is -0.933. The normalized spacial score (nSPS) is 12.2. The van der Waals surface area contributed by atoms with Crippen LogP contribution in [0.5, 0.6) is 0 Å². The van der Waals surface area contributed by atoms with E-state index in [1.807, 2.05) is 0 Å². The molecule has 1 aromatic heterocycles. The molecule has 0 aromatic carbocycles. The molecule has 8 heteroatoms. The highest BCUT2D eigenvalue weighted by Crippen LogP contribution is 2.39. The molecule has 15 heavy (non-hydrogen) atoms. The molecule has 0 atom stereocenters. The fraction of sp³-hybridized carbons (Fsp3) is 0.286. The van der Waals surface area contributed by atoms with E-state index in [1.165, 1.54) is 0 Å². The zero-order valence-electron chi connectivity index (χ0n) is 6.95. The summed E-state index contributed by atoms with van der Waals surface area (Å²) in [5.74, 6) is -0.559. The molecule has 0 aliphatic heterocycles. The van der Waals surface area contributed by atoms with Gasteiger partial charge >= 0.3 is 6.18 Å². The van der Waals surface area contributed by atoms with Gasteiger partial charge in [-0.3, -0.25) is 0 Å². The van der Waals surface area contributed by atoms with Gasteiger partial charge in [-0.15, -0.1) is 0 Å². The van der Waals surface area contributed by atoms with Crippen LogP contribution in [-0.2, 0) is 6.18 Å². The summed E-state index contributed by atoms with van der Waals surface area (Å²) >= 11 is 5.16. The number of rotatable bonds is 1. The van der Waals surface area contributed by atoms with Gasteiger partial charge in [0.2, 0.25) is 0 Å². The predicted molar refractivity (Wildman–Crippen MR) is 43.6 cm³/mol. The summed E-state index contributed by atoms with van der Waals surface area (Å²) in [6.07, 6.45) is -8.30. The largest absolute Gasteiger partial charge is 0.417 e. The van der Waals surface area contributed by atoms with Gasteiger partial charge in [-0.2, -0.15) is 13.2 Å². The van der Waals surface area contributed by atoms with Crippen LogP contribution in [0.4, 0.5) is 27.8 Å². The number of nitrogens with two attached hydrogens (primary N) is 1. The van der Waals surface area contributed by atoms with Crippen LogP contribution in [0.2, 0.25) is 5.15 Å². The lowest BCUT2D eigenvalue weighted by Crippen LogP contribution is -2.12. The molecule has 84 valence electrons. The Kier molecular flexibility index (Phi) is 3.03. The smallest absolute Gasteiger partial charge is 0.384 e. The fourth-order valence-corrected chi connectivity index (χ4v) is 1.27. The molecule has 0 aliphatic rings. The average Bonchev–Trinajstić information content (AvgIpc) is 1.99. The summed E-state index contributed by atoms with van der Waals surface area (Å²) in [4.78, 5) is 3.13. The highest BCUT2D eigenvalue weighted by molar-refractivity contribution is 6.30. The van der Waals surface area contributed by atoms with Gasteiger partial charge in [0.05, 0.1) is 11.1 Å². The summed E-state index contributed by atoms with van der Waals surface area (Å²) < 4.78 is 61.5. The van der Waals surface area contributed by atoms with Crippen molar-refractivity contribution >= 4 is 17.4 Å². The molecule has 0 bridgehead atoms. The molecule has 2 nitrogen and oxygen atoms in total. The van der Waals surface area contributed by atoms with Crippen LogP contribution in [0.25, 0.3) is 0 Å². The Morgan fingerprint density at radius 3 is 2.27 bits per heavy atom. The van der Waals surface area contributed by atoms with Crippen LogP contribution in [0, 0.1) is 0 Å². The molecule has 0 fully saturated rings. The minimum Gasteiger partial charge on any atom is -0.384 e.